The van der Waals surface area contributed by atoms with Crippen LogP contribution in [0.2, 0.25) is 0 Å². The van der Waals surface area contributed by atoms with Crippen LogP contribution in [0.3, 0.4) is 0 Å². The molecule has 96 valence electrons. The van der Waals surface area contributed by atoms with Crippen LogP contribution in [0.15, 0.2) is 30.3 Å². The van der Waals surface area contributed by atoms with Crippen molar-refractivity contribution in [2.75, 3.05) is 13.3 Å². The van der Waals surface area contributed by atoms with Gasteiger partial charge in [0.25, 0.3) is 5.91 Å². The molecule has 1 aliphatic carbocycles. The van der Waals surface area contributed by atoms with Crippen molar-refractivity contribution in [3.8, 4) is 0 Å². The number of fused-ring (bicyclic) bond motifs is 1. The number of hydrogen-bond acceptors (Lipinski definition) is 2. The van der Waals surface area contributed by atoms with E-state index < -0.39 is 0 Å². The second kappa shape index (κ2) is 5.11. The maximum Gasteiger partial charge on any atom is 0.255 e. The van der Waals surface area contributed by atoms with E-state index in [2.05, 4.69) is 0 Å². The molecule has 18 heavy (non-hydrogen) atoms. The number of carbonyl (C=O) groups excluding carboxylic acids is 1. The van der Waals surface area contributed by atoms with Crippen molar-refractivity contribution in [2.24, 2.45) is 5.92 Å². The van der Waals surface area contributed by atoms with Gasteiger partial charge in [0, 0.05) is 18.0 Å². The summed E-state index contributed by atoms with van der Waals surface area (Å²) in [6.45, 7) is 1.31. The van der Waals surface area contributed by atoms with Crippen LogP contribution < -0.4 is 0 Å². The quantitative estimate of drug-likeness (QED) is 0.761. The summed E-state index contributed by atoms with van der Waals surface area (Å²) >= 11 is 0. The molecule has 1 heterocycles. The van der Waals surface area contributed by atoms with E-state index in [1.54, 1.807) is 0 Å². The minimum atomic E-state index is 0.0969. The molecule has 3 rings (SSSR count). The number of hydrogen-bond donors (Lipinski definition) is 0. The van der Waals surface area contributed by atoms with Gasteiger partial charge in [0.1, 0.15) is 6.73 Å². The van der Waals surface area contributed by atoms with E-state index in [1.165, 1.54) is 19.3 Å². The molecule has 0 N–H and O–H groups in total. The molecular formula is C15H19NO2. The van der Waals surface area contributed by atoms with Crippen molar-refractivity contribution in [1.29, 1.82) is 0 Å². The lowest BCUT2D eigenvalue weighted by atomic mass is 9.85. The first-order valence-corrected chi connectivity index (χ1v) is 6.80. The number of carbonyl (C=O) groups is 1. The molecule has 3 nitrogen and oxygen atoms in total. The van der Waals surface area contributed by atoms with Crippen LogP contribution in [-0.4, -0.2) is 30.2 Å². The summed E-state index contributed by atoms with van der Waals surface area (Å²) in [6.07, 6.45) is 5.30. The van der Waals surface area contributed by atoms with Gasteiger partial charge >= 0.3 is 0 Å². The van der Waals surface area contributed by atoms with Gasteiger partial charge in [-0.05, 0) is 25.0 Å². The average Bonchev–Trinajstić information content (AvgIpc) is 2.47. The number of amides is 1. The smallest absolute Gasteiger partial charge is 0.255 e. The Morgan fingerprint density at radius 2 is 1.94 bits per heavy atom. The Labute approximate surface area is 108 Å². The zero-order valence-electron chi connectivity index (χ0n) is 10.5. The van der Waals surface area contributed by atoms with Crippen molar-refractivity contribution in [3.63, 3.8) is 0 Å². The van der Waals surface area contributed by atoms with Crippen molar-refractivity contribution < 1.29 is 9.53 Å². The summed E-state index contributed by atoms with van der Waals surface area (Å²) < 4.78 is 5.84. The Hall–Kier alpha value is -1.35. The minimum Gasteiger partial charge on any atom is -0.357 e. The number of rotatable bonds is 1. The lowest BCUT2D eigenvalue weighted by Crippen LogP contribution is -2.48. The Kier molecular flexibility index (Phi) is 3.33. The minimum absolute atomic E-state index is 0.0969. The lowest BCUT2D eigenvalue weighted by Gasteiger charge is -2.41. The van der Waals surface area contributed by atoms with Gasteiger partial charge in [0.05, 0.1) is 6.10 Å². The molecule has 2 aliphatic rings. The van der Waals surface area contributed by atoms with Crippen LogP contribution in [0.1, 0.15) is 36.0 Å². The molecule has 3 heteroatoms. The average molecular weight is 245 g/mol. The molecule has 1 aliphatic heterocycles. The van der Waals surface area contributed by atoms with Gasteiger partial charge in [0.15, 0.2) is 0 Å². The van der Waals surface area contributed by atoms with Gasteiger partial charge < -0.3 is 9.64 Å². The summed E-state index contributed by atoms with van der Waals surface area (Å²) in [5, 5.41) is 0. The molecule has 0 unspecified atom stereocenters. The number of benzene rings is 1. The molecule has 2 fully saturated rings. The maximum absolute atomic E-state index is 12.3. The van der Waals surface area contributed by atoms with E-state index in [9.17, 15) is 4.79 Å². The SMILES string of the molecule is O=C(c1ccccc1)N1CO[C@@H]2CCCC[C@@H]2C1. The first-order chi connectivity index (χ1) is 8.84. The second-order valence-corrected chi connectivity index (χ2v) is 5.27. The first kappa shape index (κ1) is 11.7. The van der Waals surface area contributed by atoms with Crippen LogP contribution in [0.5, 0.6) is 0 Å². The van der Waals surface area contributed by atoms with Gasteiger partial charge in [-0.3, -0.25) is 4.79 Å². The molecule has 1 aromatic rings. The van der Waals surface area contributed by atoms with Crippen LogP contribution in [0.25, 0.3) is 0 Å². The van der Waals surface area contributed by atoms with E-state index in [0.29, 0.717) is 18.8 Å². The van der Waals surface area contributed by atoms with Crippen LogP contribution in [0, 0.1) is 5.92 Å². The molecule has 2 atom stereocenters. The predicted octanol–water partition coefficient (Wildman–Crippen LogP) is 2.68. The Balaban J connectivity index is 1.69. The van der Waals surface area contributed by atoms with Gasteiger partial charge in [-0.15, -0.1) is 0 Å². The highest BCUT2D eigenvalue weighted by Gasteiger charge is 2.33. The number of ether oxygens (including phenoxy) is 1. The molecule has 1 amide bonds. The summed E-state index contributed by atoms with van der Waals surface area (Å²) in [5.41, 5.74) is 0.760. The Bertz CT molecular complexity index is 418. The monoisotopic (exact) mass is 245 g/mol. The topological polar surface area (TPSA) is 29.5 Å². The fourth-order valence-electron chi connectivity index (χ4n) is 3.03. The third-order valence-corrected chi connectivity index (χ3v) is 4.05. The van der Waals surface area contributed by atoms with Crippen molar-refractivity contribution >= 4 is 5.91 Å². The van der Waals surface area contributed by atoms with E-state index in [0.717, 1.165) is 18.5 Å². The molecule has 0 bridgehead atoms. The van der Waals surface area contributed by atoms with Gasteiger partial charge in [0.2, 0.25) is 0 Å². The van der Waals surface area contributed by atoms with Crippen molar-refractivity contribution in [1.82, 2.24) is 4.90 Å². The van der Waals surface area contributed by atoms with E-state index in [1.807, 2.05) is 35.2 Å². The summed E-state index contributed by atoms with van der Waals surface area (Å²) in [7, 11) is 0. The first-order valence-electron chi connectivity index (χ1n) is 6.80. The third kappa shape index (κ3) is 2.27. The zero-order chi connectivity index (χ0) is 12.4. The van der Waals surface area contributed by atoms with E-state index in [-0.39, 0.29) is 5.91 Å². The summed E-state index contributed by atoms with van der Waals surface area (Å²) in [6, 6.07) is 9.48. The van der Waals surface area contributed by atoms with Crippen molar-refractivity contribution in [3.05, 3.63) is 35.9 Å². The largest absolute Gasteiger partial charge is 0.357 e. The van der Waals surface area contributed by atoms with Crippen LogP contribution >= 0.6 is 0 Å². The molecule has 0 spiro atoms. The zero-order valence-corrected chi connectivity index (χ0v) is 10.5. The molecular weight excluding hydrogens is 226 g/mol. The van der Waals surface area contributed by atoms with E-state index in [4.69, 9.17) is 4.74 Å². The van der Waals surface area contributed by atoms with Gasteiger partial charge in [-0.2, -0.15) is 0 Å². The van der Waals surface area contributed by atoms with Crippen LogP contribution in [-0.2, 0) is 4.74 Å². The highest BCUT2D eigenvalue weighted by Crippen LogP contribution is 2.31. The molecule has 0 radical (unpaired) electrons. The molecule has 1 saturated heterocycles. The summed E-state index contributed by atoms with van der Waals surface area (Å²) in [4.78, 5) is 14.2. The maximum atomic E-state index is 12.3. The summed E-state index contributed by atoms with van der Waals surface area (Å²) in [5.74, 6) is 0.639. The number of nitrogens with zero attached hydrogens (tertiary/aromatic N) is 1. The normalized spacial score (nSPS) is 27.7. The fourth-order valence-corrected chi connectivity index (χ4v) is 3.03. The van der Waals surface area contributed by atoms with Gasteiger partial charge in [-0.1, -0.05) is 31.0 Å². The second-order valence-electron chi connectivity index (χ2n) is 5.27. The molecule has 1 saturated carbocycles. The van der Waals surface area contributed by atoms with Crippen molar-refractivity contribution in [2.45, 2.75) is 31.8 Å². The Morgan fingerprint density at radius 1 is 1.17 bits per heavy atom. The lowest BCUT2D eigenvalue weighted by molar-refractivity contribution is -0.102. The third-order valence-electron chi connectivity index (χ3n) is 4.05. The fraction of sp³-hybridized carbons (Fsp3) is 0.533. The highest BCUT2D eigenvalue weighted by atomic mass is 16.5. The predicted molar refractivity (Wildman–Crippen MR) is 69.2 cm³/mol. The molecule has 0 aromatic heterocycles. The van der Waals surface area contributed by atoms with E-state index >= 15 is 0 Å². The van der Waals surface area contributed by atoms with Gasteiger partial charge in [-0.25, -0.2) is 0 Å². The molecule has 1 aromatic carbocycles. The van der Waals surface area contributed by atoms with Crippen LogP contribution in [0.4, 0.5) is 0 Å². The Morgan fingerprint density at radius 3 is 2.78 bits per heavy atom. The standard InChI is InChI=1S/C15H19NO2/c17-15(12-6-2-1-3-7-12)16-10-13-8-4-5-9-14(13)18-11-16/h1-3,6-7,13-14H,4-5,8-11H2/t13-,14-/m1/s1. The highest BCUT2D eigenvalue weighted by molar-refractivity contribution is 5.94.